The second kappa shape index (κ2) is 9.00. The van der Waals surface area contributed by atoms with Crippen LogP contribution in [-0.2, 0) is 11.3 Å². The fraction of sp³-hybridized carbons (Fsp3) is 0.333. The smallest absolute Gasteiger partial charge is 0.407 e. The first-order valence-electron chi connectivity index (χ1n) is 7.80. The summed E-state index contributed by atoms with van der Waals surface area (Å²) in [5, 5.41) is 22.8. The quantitative estimate of drug-likeness (QED) is 0.723. The van der Waals surface area contributed by atoms with E-state index in [2.05, 4.69) is 10.3 Å². The van der Waals surface area contributed by atoms with E-state index in [4.69, 9.17) is 4.74 Å². The lowest BCUT2D eigenvalue weighted by Gasteiger charge is -2.19. The van der Waals surface area contributed by atoms with Gasteiger partial charge in [0.15, 0.2) is 0 Å². The number of hydrogen-bond donors (Lipinski definition) is 3. The lowest BCUT2D eigenvalue weighted by Crippen LogP contribution is -2.30. The van der Waals surface area contributed by atoms with Crippen molar-refractivity contribution in [2.75, 3.05) is 6.54 Å². The topological polar surface area (TPSA) is 91.7 Å². The number of rotatable bonds is 7. The first-order chi connectivity index (χ1) is 11.6. The van der Waals surface area contributed by atoms with E-state index in [1.54, 1.807) is 25.3 Å². The first-order valence-corrected chi connectivity index (χ1v) is 7.80. The van der Waals surface area contributed by atoms with Gasteiger partial charge in [0.05, 0.1) is 6.10 Å². The van der Waals surface area contributed by atoms with Crippen LogP contribution in [0.2, 0.25) is 0 Å². The lowest BCUT2D eigenvalue weighted by molar-refractivity contribution is 0.0130. The molecule has 0 aliphatic heterocycles. The minimum atomic E-state index is -1.04. The highest BCUT2D eigenvalue weighted by Crippen LogP contribution is 2.20. The zero-order valence-electron chi connectivity index (χ0n) is 13.6. The Morgan fingerprint density at radius 3 is 2.67 bits per heavy atom. The van der Waals surface area contributed by atoms with Gasteiger partial charge < -0.3 is 20.3 Å². The summed E-state index contributed by atoms with van der Waals surface area (Å²) in [5.41, 5.74) is 2.14. The van der Waals surface area contributed by atoms with Crippen LogP contribution in [0.25, 0.3) is 0 Å². The van der Waals surface area contributed by atoms with E-state index in [1.807, 2.05) is 30.3 Å². The van der Waals surface area contributed by atoms with Crippen molar-refractivity contribution < 1.29 is 19.7 Å². The number of aliphatic hydroxyl groups excluding tert-OH is 2. The summed E-state index contributed by atoms with van der Waals surface area (Å²) in [5.74, 6) is 0. The van der Waals surface area contributed by atoms with Crippen LogP contribution in [0.3, 0.4) is 0 Å². The molecule has 2 aromatic rings. The first kappa shape index (κ1) is 17.9. The third-order valence-corrected chi connectivity index (χ3v) is 3.65. The van der Waals surface area contributed by atoms with Gasteiger partial charge in [-0.3, -0.25) is 4.98 Å². The summed E-state index contributed by atoms with van der Waals surface area (Å²) in [4.78, 5) is 15.7. The summed E-state index contributed by atoms with van der Waals surface area (Å²) < 4.78 is 5.07. The number of aromatic nitrogens is 1. The van der Waals surface area contributed by atoms with Crippen molar-refractivity contribution in [3.8, 4) is 0 Å². The van der Waals surface area contributed by atoms with Gasteiger partial charge in [-0.25, -0.2) is 4.79 Å². The van der Waals surface area contributed by atoms with E-state index in [1.165, 1.54) is 0 Å². The van der Waals surface area contributed by atoms with Gasteiger partial charge in [-0.1, -0.05) is 36.4 Å². The van der Waals surface area contributed by atoms with Crippen molar-refractivity contribution in [1.82, 2.24) is 10.3 Å². The Bertz CT molecular complexity index is 648. The number of carbonyl (C=O) groups excluding carboxylic acids is 1. The van der Waals surface area contributed by atoms with Gasteiger partial charge >= 0.3 is 6.09 Å². The molecule has 2 rings (SSSR count). The summed E-state index contributed by atoms with van der Waals surface area (Å²) in [7, 11) is 0. The number of hydrogen-bond acceptors (Lipinski definition) is 5. The number of nitrogens with one attached hydrogen (secondary N) is 1. The Balaban J connectivity index is 1.71. The fourth-order valence-electron chi connectivity index (χ4n) is 2.27. The van der Waals surface area contributed by atoms with Crippen LogP contribution in [0.4, 0.5) is 4.79 Å². The molecule has 0 saturated carbocycles. The van der Waals surface area contributed by atoms with E-state index in [9.17, 15) is 15.0 Å². The predicted octanol–water partition coefficient (Wildman–Crippen LogP) is 2.10. The second-order valence-electron chi connectivity index (χ2n) is 5.47. The fourth-order valence-corrected chi connectivity index (χ4v) is 2.27. The number of alkyl carbamates (subject to hydrolysis) is 1. The zero-order chi connectivity index (χ0) is 17.4. The second-order valence-corrected chi connectivity index (χ2v) is 5.47. The minimum absolute atomic E-state index is 0.187. The lowest BCUT2D eigenvalue weighted by atomic mass is 10.0. The molecular formula is C18H22N2O4. The van der Waals surface area contributed by atoms with Crippen LogP contribution < -0.4 is 5.32 Å². The molecule has 0 radical (unpaired) electrons. The van der Waals surface area contributed by atoms with E-state index in [0.717, 1.165) is 5.56 Å². The number of benzene rings is 1. The molecule has 24 heavy (non-hydrogen) atoms. The standard InChI is InChI=1S/C18H22N2O4/c1-13-15(8-5-10-19-13)17(22)16(21)9-11-20-18(23)24-12-14-6-3-2-4-7-14/h2-8,10,16-17,21-22H,9,11-12H2,1H3,(H,20,23). The van der Waals surface area contributed by atoms with Gasteiger partial charge in [-0.2, -0.15) is 0 Å². The maximum Gasteiger partial charge on any atom is 0.407 e. The molecule has 0 aliphatic rings. The van der Waals surface area contributed by atoms with Crippen LogP contribution in [0.1, 0.15) is 29.3 Å². The molecule has 0 saturated heterocycles. The monoisotopic (exact) mass is 330 g/mol. The summed E-state index contributed by atoms with van der Waals surface area (Å²) in [6.45, 7) is 2.16. The zero-order valence-corrected chi connectivity index (χ0v) is 13.6. The Hall–Kier alpha value is -2.44. The molecule has 1 aromatic carbocycles. The van der Waals surface area contributed by atoms with Crippen molar-refractivity contribution in [3.05, 3.63) is 65.5 Å². The molecule has 6 nitrogen and oxygen atoms in total. The number of carbonyl (C=O) groups is 1. The maximum absolute atomic E-state index is 11.6. The molecule has 0 spiro atoms. The average Bonchev–Trinajstić information content (AvgIpc) is 2.60. The van der Waals surface area contributed by atoms with Gasteiger partial charge in [0.2, 0.25) is 0 Å². The number of aryl methyl sites for hydroxylation is 1. The van der Waals surface area contributed by atoms with Crippen LogP contribution in [0.15, 0.2) is 48.7 Å². The predicted molar refractivity (Wildman–Crippen MR) is 89.2 cm³/mol. The average molecular weight is 330 g/mol. The highest BCUT2D eigenvalue weighted by molar-refractivity contribution is 5.67. The molecule has 1 heterocycles. The van der Waals surface area contributed by atoms with E-state index < -0.39 is 18.3 Å². The minimum Gasteiger partial charge on any atom is -0.445 e. The van der Waals surface area contributed by atoms with Crippen molar-refractivity contribution in [3.63, 3.8) is 0 Å². The SMILES string of the molecule is Cc1ncccc1C(O)C(O)CCNC(=O)OCc1ccccc1. The summed E-state index contributed by atoms with van der Waals surface area (Å²) in [6.07, 6.45) is -0.765. The van der Waals surface area contributed by atoms with Crippen LogP contribution >= 0.6 is 0 Å². The maximum atomic E-state index is 11.6. The molecule has 2 unspecified atom stereocenters. The van der Waals surface area contributed by atoms with Crippen molar-refractivity contribution in [2.45, 2.75) is 32.2 Å². The molecular weight excluding hydrogens is 308 g/mol. The third kappa shape index (κ3) is 5.33. The number of nitrogens with zero attached hydrogens (tertiary/aromatic N) is 1. The van der Waals surface area contributed by atoms with Crippen molar-refractivity contribution in [1.29, 1.82) is 0 Å². The number of amides is 1. The van der Waals surface area contributed by atoms with Gasteiger partial charge in [-0.15, -0.1) is 0 Å². The molecule has 1 amide bonds. The van der Waals surface area contributed by atoms with Crippen molar-refractivity contribution >= 4 is 6.09 Å². The van der Waals surface area contributed by atoms with Gasteiger partial charge in [0.25, 0.3) is 0 Å². The Morgan fingerprint density at radius 2 is 1.96 bits per heavy atom. The highest BCUT2D eigenvalue weighted by atomic mass is 16.5. The van der Waals surface area contributed by atoms with Gasteiger partial charge in [0, 0.05) is 24.0 Å². The molecule has 3 N–H and O–H groups in total. The summed E-state index contributed by atoms with van der Waals surface area (Å²) in [6, 6.07) is 12.8. The Labute approximate surface area is 141 Å². The number of pyridine rings is 1. The highest BCUT2D eigenvalue weighted by Gasteiger charge is 2.20. The van der Waals surface area contributed by atoms with E-state index in [0.29, 0.717) is 11.3 Å². The Kier molecular flexibility index (Phi) is 6.72. The number of aliphatic hydroxyl groups is 2. The third-order valence-electron chi connectivity index (χ3n) is 3.65. The molecule has 0 fully saturated rings. The molecule has 128 valence electrons. The van der Waals surface area contributed by atoms with E-state index in [-0.39, 0.29) is 19.6 Å². The van der Waals surface area contributed by atoms with Gasteiger partial charge in [-0.05, 0) is 25.0 Å². The van der Waals surface area contributed by atoms with Crippen molar-refractivity contribution in [2.24, 2.45) is 0 Å². The molecule has 0 bridgehead atoms. The molecule has 6 heteroatoms. The normalized spacial score (nSPS) is 13.1. The Morgan fingerprint density at radius 1 is 1.21 bits per heavy atom. The van der Waals surface area contributed by atoms with Crippen LogP contribution in [0.5, 0.6) is 0 Å². The molecule has 0 aliphatic carbocycles. The molecule has 2 atom stereocenters. The van der Waals surface area contributed by atoms with Gasteiger partial charge in [0.1, 0.15) is 12.7 Å². The largest absolute Gasteiger partial charge is 0.445 e. The molecule has 1 aromatic heterocycles. The van der Waals surface area contributed by atoms with Crippen LogP contribution in [0, 0.1) is 6.92 Å². The number of ether oxygens (including phenoxy) is 1. The van der Waals surface area contributed by atoms with E-state index >= 15 is 0 Å². The van der Waals surface area contributed by atoms with Crippen LogP contribution in [-0.4, -0.2) is 33.9 Å². The summed E-state index contributed by atoms with van der Waals surface area (Å²) >= 11 is 0.